The fourth-order valence-electron chi connectivity index (χ4n) is 4.49. The van der Waals surface area contributed by atoms with Gasteiger partial charge in [-0.1, -0.05) is 24.6 Å². The lowest BCUT2D eigenvalue weighted by atomic mass is 10.00. The average molecular weight is 537 g/mol. The van der Waals surface area contributed by atoms with Crippen LogP contribution in [0.4, 0.5) is 5.82 Å². The van der Waals surface area contributed by atoms with E-state index in [1.54, 1.807) is 38.4 Å². The van der Waals surface area contributed by atoms with Crippen LogP contribution in [0.25, 0.3) is 17.0 Å². The monoisotopic (exact) mass is 536 g/mol. The van der Waals surface area contributed by atoms with E-state index in [0.717, 1.165) is 16.8 Å². The highest BCUT2D eigenvalue weighted by Gasteiger charge is 2.27. The molecule has 0 saturated carbocycles. The maximum atomic E-state index is 10.8. The average Bonchev–Trinajstić information content (AvgIpc) is 3.33. The van der Waals surface area contributed by atoms with Crippen LogP contribution in [0.15, 0.2) is 42.3 Å². The first kappa shape index (κ1) is 27.5. The van der Waals surface area contributed by atoms with Crippen LogP contribution < -0.4 is 15.0 Å². The van der Waals surface area contributed by atoms with Gasteiger partial charge in [0.1, 0.15) is 30.0 Å². The molecule has 0 fully saturated rings. The Hall–Kier alpha value is -3.53. The van der Waals surface area contributed by atoms with Gasteiger partial charge in [-0.25, -0.2) is 9.97 Å². The van der Waals surface area contributed by atoms with E-state index in [9.17, 15) is 10.2 Å². The molecule has 0 unspecified atom stereocenters. The Kier molecular flexibility index (Phi) is 8.61. The van der Waals surface area contributed by atoms with E-state index >= 15 is 0 Å². The first-order valence-corrected chi connectivity index (χ1v) is 12.9. The summed E-state index contributed by atoms with van der Waals surface area (Å²) in [5.74, 6) is 1.63. The second-order valence-electron chi connectivity index (χ2n) is 9.27. The van der Waals surface area contributed by atoms with Gasteiger partial charge in [-0.2, -0.15) is 0 Å². The summed E-state index contributed by atoms with van der Waals surface area (Å²) in [6, 6.07) is 9.15. The first-order valence-electron chi connectivity index (χ1n) is 12.5. The van der Waals surface area contributed by atoms with Gasteiger partial charge in [0.2, 0.25) is 0 Å². The Labute approximate surface area is 227 Å². The zero-order chi connectivity index (χ0) is 27.4. The molecule has 1 aromatic carbocycles. The number of rotatable bonds is 10. The Bertz CT molecular complexity index is 1350. The van der Waals surface area contributed by atoms with Crippen LogP contribution >= 0.6 is 11.6 Å². The third kappa shape index (κ3) is 5.80. The van der Waals surface area contributed by atoms with Gasteiger partial charge in [0.15, 0.2) is 5.82 Å². The van der Waals surface area contributed by atoms with Gasteiger partial charge in [-0.15, -0.1) is 0 Å². The Morgan fingerprint density at radius 1 is 1.26 bits per heavy atom. The van der Waals surface area contributed by atoms with Crippen LogP contribution in [-0.4, -0.2) is 57.2 Å². The number of aliphatic hydroxyl groups is 2. The number of hydrogen-bond acceptors (Lipinski definition) is 9. The van der Waals surface area contributed by atoms with Crippen LogP contribution in [0.5, 0.6) is 5.75 Å². The molecule has 0 bridgehead atoms. The third-order valence-corrected chi connectivity index (χ3v) is 6.73. The highest BCUT2D eigenvalue weighted by molar-refractivity contribution is 6.33. The molecule has 1 aliphatic heterocycles. The lowest BCUT2D eigenvalue weighted by Crippen LogP contribution is -2.29. The number of halogens is 1. The second kappa shape index (κ2) is 11.9. The van der Waals surface area contributed by atoms with Crippen LogP contribution in [0.1, 0.15) is 42.8 Å². The summed E-state index contributed by atoms with van der Waals surface area (Å²) in [7, 11) is 1.76. The summed E-state index contributed by atoms with van der Waals surface area (Å²) in [6.07, 6.45) is 1.47. The molecular formula is C28H33ClN6O3. The first-order chi connectivity index (χ1) is 18.2. The van der Waals surface area contributed by atoms with Crippen LogP contribution in [-0.2, 0) is 13.1 Å². The predicted molar refractivity (Wildman–Crippen MR) is 150 cm³/mol. The fourth-order valence-corrected chi connectivity index (χ4v) is 4.69. The summed E-state index contributed by atoms with van der Waals surface area (Å²) in [4.78, 5) is 16.4. The predicted octanol–water partition coefficient (Wildman–Crippen LogP) is 4.70. The SMILES string of the molecule is CC/C(O)=C(/C(C)=N)c1nc(-c2cc(OC[C@H](O)CNC)ccc2Cl)nc(N2Cc3cccnc3C2)c1C. The van der Waals surface area contributed by atoms with Crippen molar-refractivity contribution < 1.29 is 14.9 Å². The maximum Gasteiger partial charge on any atom is 0.163 e. The van der Waals surface area contributed by atoms with Crippen molar-refractivity contribution in [3.8, 4) is 17.1 Å². The molecule has 0 radical (unpaired) electrons. The van der Waals surface area contributed by atoms with E-state index in [-0.39, 0.29) is 18.1 Å². The van der Waals surface area contributed by atoms with Gasteiger partial charge in [0, 0.05) is 42.5 Å². The molecule has 4 N–H and O–H groups in total. The van der Waals surface area contributed by atoms with E-state index in [2.05, 4.69) is 21.3 Å². The largest absolute Gasteiger partial charge is 0.512 e. The molecule has 10 heteroatoms. The van der Waals surface area contributed by atoms with Crippen molar-refractivity contribution in [2.45, 2.75) is 46.4 Å². The molecule has 4 rings (SSSR count). The number of likely N-dealkylation sites (N-methyl/N-ethyl adjacent to an activating group) is 1. The summed E-state index contributed by atoms with van der Waals surface area (Å²) >= 11 is 6.63. The topological polar surface area (TPSA) is 127 Å². The lowest BCUT2D eigenvalue weighted by Gasteiger charge is -2.23. The third-order valence-electron chi connectivity index (χ3n) is 6.40. The number of ether oxygens (including phenoxy) is 1. The molecule has 0 amide bonds. The zero-order valence-corrected chi connectivity index (χ0v) is 22.8. The number of hydrogen-bond donors (Lipinski definition) is 4. The minimum atomic E-state index is -0.668. The van der Waals surface area contributed by atoms with Crippen molar-refractivity contribution in [3.05, 3.63) is 69.8 Å². The number of nitrogens with one attached hydrogen (secondary N) is 2. The number of nitrogens with zero attached hydrogens (tertiary/aromatic N) is 4. The highest BCUT2D eigenvalue weighted by Crippen LogP contribution is 2.37. The molecule has 3 heterocycles. The molecule has 2 aromatic heterocycles. The second-order valence-corrected chi connectivity index (χ2v) is 9.68. The molecule has 0 aliphatic carbocycles. The quantitative estimate of drug-likeness (QED) is 0.217. The van der Waals surface area contributed by atoms with Gasteiger partial charge in [0.25, 0.3) is 0 Å². The van der Waals surface area contributed by atoms with Crippen molar-refractivity contribution in [1.82, 2.24) is 20.3 Å². The molecule has 9 nitrogen and oxygen atoms in total. The molecule has 200 valence electrons. The molecule has 38 heavy (non-hydrogen) atoms. The molecule has 1 aliphatic rings. The van der Waals surface area contributed by atoms with Crippen molar-refractivity contribution in [2.24, 2.45) is 0 Å². The zero-order valence-electron chi connectivity index (χ0n) is 22.0. The number of pyridine rings is 1. The van der Waals surface area contributed by atoms with Gasteiger partial charge in [-0.3, -0.25) is 4.98 Å². The van der Waals surface area contributed by atoms with Gasteiger partial charge < -0.3 is 30.6 Å². The van der Waals surface area contributed by atoms with Crippen LogP contribution in [0.3, 0.4) is 0 Å². The minimum absolute atomic E-state index is 0.0873. The summed E-state index contributed by atoms with van der Waals surface area (Å²) < 4.78 is 5.80. The van der Waals surface area contributed by atoms with Crippen molar-refractivity contribution in [3.63, 3.8) is 0 Å². The number of aliphatic hydroxyl groups excluding tert-OH is 2. The fraction of sp³-hybridized carbons (Fsp3) is 0.357. The molecule has 1 atom stereocenters. The number of allylic oxidation sites excluding steroid dienone is 2. The number of fused-ring (bicyclic) bond motifs is 1. The van der Waals surface area contributed by atoms with E-state index in [4.69, 9.17) is 31.7 Å². The molecule has 0 saturated heterocycles. The summed E-state index contributed by atoms with van der Waals surface area (Å²) in [5.41, 5.74) is 4.46. The smallest absolute Gasteiger partial charge is 0.163 e. The molecule has 0 spiro atoms. The van der Waals surface area contributed by atoms with Crippen LogP contribution in [0, 0.1) is 12.3 Å². The number of anilines is 1. The summed E-state index contributed by atoms with van der Waals surface area (Å²) in [6.45, 7) is 7.09. The number of benzene rings is 1. The highest BCUT2D eigenvalue weighted by atomic mass is 35.5. The molecule has 3 aromatic rings. The van der Waals surface area contributed by atoms with E-state index in [1.165, 1.54) is 0 Å². The molecular weight excluding hydrogens is 504 g/mol. The minimum Gasteiger partial charge on any atom is -0.512 e. The van der Waals surface area contributed by atoms with Crippen molar-refractivity contribution >= 4 is 28.7 Å². The normalized spacial score (nSPS) is 14.2. The lowest BCUT2D eigenvalue weighted by molar-refractivity contribution is 0.108. The Morgan fingerprint density at radius 3 is 2.74 bits per heavy atom. The van der Waals surface area contributed by atoms with Crippen LogP contribution in [0.2, 0.25) is 5.02 Å². The van der Waals surface area contributed by atoms with Gasteiger partial charge >= 0.3 is 0 Å². The maximum absolute atomic E-state index is 10.8. The van der Waals surface area contributed by atoms with E-state index in [0.29, 0.717) is 65.3 Å². The summed E-state index contributed by atoms with van der Waals surface area (Å²) in [5, 5.41) is 32.6. The Balaban J connectivity index is 1.84. The van der Waals surface area contributed by atoms with E-state index < -0.39 is 6.10 Å². The standard InChI is InChI=1S/C28H33ClN6O3/c1-5-24(37)25(17(3)30)26-16(2)28(35-13-18-7-6-10-32-23(18)14-35)34-27(33-26)21-11-20(8-9-22(21)29)38-15-19(36)12-31-4/h6-11,19,30-31,36-37H,5,12-15H2,1-4H3/b25-24+,30-17?/t19-/m1/s1. The Morgan fingerprint density at radius 2 is 2.05 bits per heavy atom. The van der Waals surface area contributed by atoms with Gasteiger partial charge in [0.05, 0.1) is 28.5 Å². The number of aromatic nitrogens is 3. The van der Waals surface area contributed by atoms with Gasteiger partial charge in [-0.05, 0) is 50.7 Å². The van der Waals surface area contributed by atoms with E-state index in [1.807, 2.05) is 19.9 Å². The van der Waals surface area contributed by atoms with Crippen molar-refractivity contribution in [2.75, 3.05) is 25.1 Å². The van der Waals surface area contributed by atoms with Crippen molar-refractivity contribution in [1.29, 1.82) is 5.41 Å².